The van der Waals surface area contributed by atoms with Crippen molar-refractivity contribution in [3.63, 3.8) is 0 Å². The zero-order valence-corrected chi connectivity index (χ0v) is 14.6. The molecule has 2 aromatic carbocycles. The Morgan fingerprint density at radius 2 is 1.88 bits per heavy atom. The summed E-state index contributed by atoms with van der Waals surface area (Å²) in [6.07, 6.45) is 0.543. The largest absolute Gasteiger partial charge is 0.438 e. The van der Waals surface area contributed by atoms with E-state index in [0.717, 1.165) is 22.4 Å². The average Bonchev–Trinajstić information content (AvgIpc) is 2.60. The summed E-state index contributed by atoms with van der Waals surface area (Å²) < 4.78 is 5.91. The smallest absolute Gasteiger partial charge is 0.258 e. The predicted octanol–water partition coefficient (Wildman–Crippen LogP) is 4.57. The van der Waals surface area contributed by atoms with Crippen LogP contribution in [-0.4, -0.2) is 9.97 Å². The number of benzene rings is 2. The monoisotopic (exact) mass is 332 g/mol. The third-order valence-electron chi connectivity index (χ3n) is 4.62. The van der Waals surface area contributed by atoms with Gasteiger partial charge in [-0.05, 0) is 30.0 Å². The van der Waals surface area contributed by atoms with Crippen LogP contribution in [0.2, 0.25) is 0 Å². The lowest BCUT2D eigenvalue weighted by Crippen LogP contribution is -2.20. The highest BCUT2D eigenvalue weighted by molar-refractivity contribution is 5.58. The number of nitrogens with one attached hydrogen (secondary N) is 1. The Morgan fingerprint density at radius 3 is 2.60 bits per heavy atom. The molecular weight excluding hydrogens is 312 g/mol. The topological polar surface area (TPSA) is 55.0 Å². The van der Waals surface area contributed by atoms with Gasteiger partial charge >= 0.3 is 0 Å². The van der Waals surface area contributed by atoms with Crippen molar-refractivity contribution >= 4 is 0 Å². The highest BCUT2D eigenvalue weighted by Crippen LogP contribution is 2.34. The summed E-state index contributed by atoms with van der Waals surface area (Å²) in [5, 5.41) is 0. The zero-order chi connectivity index (χ0) is 17.6. The summed E-state index contributed by atoms with van der Waals surface area (Å²) in [6.45, 7) is 6.34. The molecule has 126 valence electrons. The molecule has 4 rings (SSSR count). The second-order valence-corrected chi connectivity index (χ2v) is 6.86. The molecule has 1 N–H and O–H groups in total. The van der Waals surface area contributed by atoms with E-state index in [1.807, 2.05) is 31.2 Å². The van der Waals surface area contributed by atoms with E-state index in [1.165, 1.54) is 5.56 Å². The minimum absolute atomic E-state index is 0.139. The lowest BCUT2D eigenvalue weighted by atomic mass is 10.0. The number of aromatic amines is 1. The van der Waals surface area contributed by atoms with Crippen LogP contribution in [0.5, 0.6) is 11.6 Å². The van der Waals surface area contributed by atoms with E-state index in [4.69, 9.17) is 4.74 Å². The van der Waals surface area contributed by atoms with Crippen LogP contribution in [0.4, 0.5) is 0 Å². The van der Waals surface area contributed by atoms with E-state index in [2.05, 4.69) is 42.0 Å². The number of fused-ring (bicyclic) bond motifs is 2. The zero-order valence-electron chi connectivity index (χ0n) is 14.6. The Labute approximate surface area is 146 Å². The molecule has 1 aliphatic rings. The fourth-order valence-corrected chi connectivity index (χ4v) is 3.12. The Hall–Kier alpha value is -2.88. The van der Waals surface area contributed by atoms with Crippen LogP contribution < -0.4 is 10.3 Å². The maximum atomic E-state index is 12.6. The van der Waals surface area contributed by atoms with Gasteiger partial charge in [-0.25, -0.2) is 0 Å². The summed E-state index contributed by atoms with van der Waals surface area (Å²) in [5.41, 5.74) is 4.75. The fourth-order valence-electron chi connectivity index (χ4n) is 3.12. The first-order chi connectivity index (χ1) is 12.0. The number of ether oxygens (including phenoxy) is 1. The summed E-state index contributed by atoms with van der Waals surface area (Å²) in [7, 11) is 0. The molecule has 0 saturated carbocycles. The molecule has 0 fully saturated rings. The summed E-state index contributed by atoms with van der Waals surface area (Å²) in [6, 6.07) is 14.1. The van der Waals surface area contributed by atoms with Gasteiger partial charge in [0.15, 0.2) is 0 Å². The van der Waals surface area contributed by atoms with Gasteiger partial charge in [0.05, 0.1) is 5.56 Å². The van der Waals surface area contributed by atoms with Crippen LogP contribution in [0.25, 0.3) is 11.4 Å². The third kappa shape index (κ3) is 2.84. The van der Waals surface area contributed by atoms with Crippen molar-refractivity contribution in [2.75, 3.05) is 0 Å². The first-order valence-corrected chi connectivity index (χ1v) is 8.52. The Bertz CT molecular complexity index is 1000. The maximum Gasteiger partial charge on any atom is 0.258 e. The lowest BCUT2D eigenvalue weighted by Gasteiger charge is -2.19. The Morgan fingerprint density at radius 1 is 1.12 bits per heavy atom. The lowest BCUT2D eigenvalue weighted by molar-refractivity contribution is 0.438. The van der Waals surface area contributed by atoms with Gasteiger partial charge in [-0.15, -0.1) is 0 Å². The van der Waals surface area contributed by atoms with E-state index >= 15 is 0 Å². The number of nitrogens with zero attached hydrogens (tertiary/aromatic N) is 1. The number of hydrogen-bond donors (Lipinski definition) is 1. The van der Waals surface area contributed by atoms with Crippen molar-refractivity contribution in [1.29, 1.82) is 0 Å². The Balaban J connectivity index is 1.75. The van der Waals surface area contributed by atoms with Gasteiger partial charge in [-0.1, -0.05) is 55.8 Å². The van der Waals surface area contributed by atoms with Crippen molar-refractivity contribution in [1.82, 2.24) is 9.97 Å². The summed E-state index contributed by atoms with van der Waals surface area (Å²) >= 11 is 0. The third-order valence-corrected chi connectivity index (χ3v) is 4.62. The van der Waals surface area contributed by atoms with E-state index < -0.39 is 0 Å². The van der Waals surface area contributed by atoms with Gasteiger partial charge < -0.3 is 9.72 Å². The summed E-state index contributed by atoms with van der Waals surface area (Å²) in [4.78, 5) is 20.0. The van der Waals surface area contributed by atoms with Crippen molar-refractivity contribution in [2.24, 2.45) is 0 Å². The first kappa shape index (κ1) is 15.6. The molecule has 0 atom stereocenters. The van der Waals surface area contributed by atoms with Crippen LogP contribution in [0.3, 0.4) is 0 Å². The average molecular weight is 332 g/mol. The second-order valence-electron chi connectivity index (χ2n) is 6.86. The van der Waals surface area contributed by atoms with Gasteiger partial charge in [-0.3, -0.25) is 4.79 Å². The molecule has 4 heteroatoms. The quantitative estimate of drug-likeness (QED) is 0.585. The highest BCUT2D eigenvalue weighted by Gasteiger charge is 2.22. The Kier molecular flexibility index (Phi) is 3.68. The number of rotatable bonds is 2. The van der Waals surface area contributed by atoms with E-state index in [9.17, 15) is 4.79 Å². The predicted molar refractivity (Wildman–Crippen MR) is 98.4 cm³/mol. The standard InChI is InChI=1S/C21H20N2O2/c1-12(2)14-5-7-15(8-6-14)19-22-20(24)17-11-16-10-13(3)4-9-18(16)25-21(17)23-19/h4-10,12H,11H2,1-3H3,(H,22,23,24). The normalized spacial score (nSPS) is 12.5. The molecule has 0 radical (unpaired) electrons. The molecule has 0 aliphatic carbocycles. The van der Waals surface area contributed by atoms with Crippen LogP contribution in [0.15, 0.2) is 47.3 Å². The first-order valence-electron chi connectivity index (χ1n) is 8.52. The number of aryl methyl sites for hydroxylation is 1. The van der Waals surface area contributed by atoms with Crippen LogP contribution in [0.1, 0.15) is 42.0 Å². The van der Waals surface area contributed by atoms with Gasteiger partial charge in [0.25, 0.3) is 5.56 Å². The van der Waals surface area contributed by atoms with Gasteiger partial charge in [0, 0.05) is 12.0 Å². The minimum atomic E-state index is -0.139. The van der Waals surface area contributed by atoms with Crippen molar-refractivity contribution in [3.05, 3.63) is 75.1 Å². The van der Waals surface area contributed by atoms with Gasteiger partial charge in [0.2, 0.25) is 5.88 Å². The van der Waals surface area contributed by atoms with Crippen LogP contribution >= 0.6 is 0 Å². The molecular formula is C21H20N2O2. The molecule has 25 heavy (non-hydrogen) atoms. The van der Waals surface area contributed by atoms with Crippen LogP contribution in [-0.2, 0) is 6.42 Å². The minimum Gasteiger partial charge on any atom is -0.438 e. The molecule has 4 nitrogen and oxygen atoms in total. The molecule has 0 bridgehead atoms. The molecule has 1 aliphatic heterocycles. The second kappa shape index (κ2) is 5.88. The van der Waals surface area contributed by atoms with Crippen molar-refractivity contribution < 1.29 is 4.74 Å². The summed E-state index contributed by atoms with van der Waals surface area (Å²) in [5.74, 6) is 2.18. The fraction of sp³-hybridized carbons (Fsp3) is 0.238. The number of aromatic nitrogens is 2. The van der Waals surface area contributed by atoms with Gasteiger partial charge in [0.1, 0.15) is 11.6 Å². The number of hydrogen-bond acceptors (Lipinski definition) is 3. The maximum absolute atomic E-state index is 12.6. The highest BCUT2D eigenvalue weighted by atomic mass is 16.5. The number of H-pyrrole nitrogens is 1. The molecule has 0 amide bonds. The van der Waals surface area contributed by atoms with E-state index in [-0.39, 0.29) is 5.56 Å². The molecule has 0 unspecified atom stereocenters. The van der Waals surface area contributed by atoms with Crippen LogP contribution in [0, 0.1) is 6.92 Å². The molecule has 0 spiro atoms. The SMILES string of the molecule is Cc1ccc2c(c1)Cc1c(nc(-c3ccc(C(C)C)cc3)[nH]c1=O)O2. The van der Waals surface area contributed by atoms with E-state index in [0.29, 0.717) is 29.6 Å². The molecule has 0 saturated heterocycles. The molecule has 2 heterocycles. The molecule has 3 aromatic rings. The van der Waals surface area contributed by atoms with Gasteiger partial charge in [-0.2, -0.15) is 4.98 Å². The van der Waals surface area contributed by atoms with Crippen molar-refractivity contribution in [3.8, 4) is 23.0 Å². The van der Waals surface area contributed by atoms with E-state index in [1.54, 1.807) is 0 Å². The molecule has 1 aromatic heterocycles. The van der Waals surface area contributed by atoms with Crippen molar-refractivity contribution in [2.45, 2.75) is 33.1 Å².